The van der Waals surface area contributed by atoms with Gasteiger partial charge in [0.05, 0.1) is 11.3 Å². The molecule has 0 aromatic rings. The molecule has 0 heterocycles. The van der Waals surface area contributed by atoms with E-state index in [0.717, 1.165) is 6.42 Å². The first-order valence-electron chi connectivity index (χ1n) is 6.21. The van der Waals surface area contributed by atoms with Crippen LogP contribution in [0.15, 0.2) is 11.6 Å². The third kappa shape index (κ3) is 3.41. The van der Waals surface area contributed by atoms with Crippen molar-refractivity contribution in [2.24, 2.45) is 0 Å². The van der Waals surface area contributed by atoms with Crippen LogP contribution in [0, 0.1) is 0 Å². The van der Waals surface area contributed by atoms with Gasteiger partial charge >= 0.3 is 7.60 Å². The fraction of sp³-hybridized carbons (Fsp3) is 0.833. The highest BCUT2D eigenvalue weighted by Gasteiger charge is 2.48. The second kappa shape index (κ2) is 6.69. The molecule has 0 aliphatic heterocycles. The van der Waals surface area contributed by atoms with Gasteiger partial charge in [-0.05, 0) is 31.8 Å². The maximum atomic E-state index is 11.8. The van der Waals surface area contributed by atoms with E-state index in [1.807, 2.05) is 6.92 Å². The number of rotatable bonds is 7. The van der Waals surface area contributed by atoms with Crippen LogP contribution < -0.4 is 0 Å². The molecule has 1 unspecified atom stereocenters. The lowest BCUT2D eigenvalue weighted by Crippen LogP contribution is -2.35. The zero-order valence-corrected chi connectivity index (χ0v) is 12.1. The molecule has 0 saturated carbocycles. The lowest BCUT2D eigenvalue weighted by atomic mass is 9.87. The highest BCUT2D eigenvalue weighted by molar-refractivity contribution is 7.53. The minimum absolute atomic E-state index is 0.328. The van der Waals surface area contributed by atoms with Crippen LogP contribution >= 0.6 is 7.60 Å². The molecule has 5 heteroatoms. The number of aliphatic hydroxyl groups is 1. The molecule has 0 aromatic carbocycles. The third-order valence-corrected chi connectivity index (χ3v) is 5.50. The maximum Gasteiger partial charge on any atom is 0.335 e. The van der Waals surface area contributed by atoms with Gasteiger partial charge in [0.1, 0.15) is 0 Å². The average Bonchev–Trinajstić information content (AvgIpc) is 2.24. The predicted molar refractivity (Wildman–Crippen MR) is 70.0 cm³/mol. The summed E-state index contributed by atoms with van der Waals surface area (Å²) in [5, 5.41) is 8.85. The monoisotopic (exact) mass is 264 g/mol. The van der Waals surface area contributed by atoms with Crippen LogP contribution in [0.3, 0.4) is 0 Å². The van der Waals surface area contributed by atoms with Gasteiger partial charge in [-0.15, -0.1) is 0 Å². The molecule has 0 spiro atoms. The number of allylic oxidation sites excluding steroid dienone is 1. The molecule has 0 rings (SSSR count). The summed E-state index contributed by atoms with van der Waals surface area (Å²) < 4.78 is 11.8. The smallest absolute Gasteiger partial charge is 0.335 e. The summed E-state index contributed by atoms with van der Waals surface area (Å²) in [5.74, 6) is 0. The van der Waals surface area contributed by atoms with Crippen molar-refractivity contribution in [3.8, 4) is 0 Å². The average molecular weight is 264 g/mol. The summed E-state index contributed by atoms with van der Waals surface area (Å²) in [6.07, 6.45) is 2.86. The highest BCUT2D eigenvalue weighted by atomic mass is 31.2. The second-order valence-electron chi connectivity index (χ2n) is 4.33. The van der Waals surface area contributed by atoms with Gasteiger partial charge in [0.15, 0.2) is 0 Å². The van der Waals surface area contributed by atoms with E-state index in [4.69, 9.17) is 0 Å². The number of aliphatic hydroxyl groups excluding tert-OH is 1. The Labute approximate surface area is 104 Å². The van der Waals surface area contributed by atoms with E-state index in [1.165, 1.54) is 0 Å². The van der Waals surface area contributed by atoms with Crippen LogP contribution in [0.4, 0.5) is 0 Å². The van der Waals surface area contributed by atoms with E-state index in [1.54, 1.807) is 26.8 Å². The molecule has 0 saturated heterocycles. The largest absolute Gasteiger partial charge is 0.389 e. The Morgan fingerprint density at radius 1 is 1.29 bits per heavy atom. The Balaban J connectivity index is 5.52. The van der Waals surface area contributed by atoms with Gasteiger partial charge in [-0.1, -0.05) is 33.3 Å². The van der Waals surface area contributed by atoms with E-state index in [0.29, 0.717) is 24.8 Å². The van der Waals surface area contributed by atoms with E-state index in [-0.39, 0.29) is 0 Å². The molecule has 0 radical (unpaired) electrons. The molecule has 0 amide bonds. The van der Waals surface area contributed by atoms with Gasteiger partial charge in [-0.3, -0.25) is 4.57 Å². The van der Waals surface area contributed by atoms with E-state index < -0.39 is 18.9 Å². The topological polar surface area (TPSA) is 77.8 Å². The van der Waals surface area contributed by atoms with E-state index >= 15 is 0 Å². The van der Waals surface area contributed by atoms with Crippen LogP contribution in [-0.2, 0) is 4.57 Å². The van der Waals surface area contributed by atoms with Crippen LogP contribution in [0.2, 0.25) is 0 Å². The van der Waals surface area contributed by atoms with Gasteiger partial charge in [0.2, 0.25) is 0 Å². The zero-order valence-electron chi connectivity index (χ0n) is 11.2. The minimum Gasteiger partial charge on any atom is -0.389 e. The van der Waals surface area contributed by atoms with Crippen molar-refractivity contribution in [2.75, 3.05) is 0 Å². The molecule has 0 bridgehead atoms. The molecule has 0 fully saturated rings. The molecule has 102 valence electrons. The molecule has 0 aromatic heterocycles. The summed E-state index contributed by atoms with van der Waals surface area (Å²) in [5.41, 5.74) is 0.484. The molecule has 1 atom stereocenters. The molecule has 0 aliphatic rings. The van der Waals surface area contributed by atoms with Crippen molar-refractivity contribution < 1.29 is 19.5 Å². The quantitative estimate of drug-likeness (QED) is 0.488. The molecule has 3 N–H and O–H groups in total. The van der Waals surface area contributed by atoms with E-state index in [9.17, 15) is 19.5 Å². The van der Waals surface area contributed by atoms with Crippen LogP contribution in [-0.4, -0.2) is 26.2 Å². The lowest BCUT2D eigenvalue weighted by molar-refractivity contribution is 0.180. The minimum atomic E-state index is -4.29. The molecule has 4 nitrogen and oxygen atoms in total. The Morgan fingerprint density at radius 2 is 1.76 bits per heavy atom. The predicted octanol–water partition coefficient (Wildman–Crippen LogP) is 2.83. The van der Waals surface area contributed by atoms with Crippen LogP contribution in [0.25, 0.3) is 0 Å². The van der Waals surface area contributed by atoms with E-state index in [2.05, 4.69) is 0 Å². The zero-order chi connectivity index (χ0) is 13.7. The normalized spacial score (nSPS) is 16.1. The summed E-state index contributed by atoms with van der Waals surface area (Å²) in [6.45, 7) is 7.17. The third-order valence-electron chi connectivity index (χ3n) is 3.50. The van der Waals surface area contributed by atoms with Gasteiger partial charge in [-0.25, -0.2) is 0 Å². The Morgan fingerprint density at radius 3 is 2.00 bits per heavy atom. The highest BCUT2D eigenvalue weighted by Crippen LogP contribution is 2.59. The van der Waals surface area contributed by atoms with Crippen molar-refractivity contribution in [1.29, 1.82) is 0 Å². The summed E-state index contributed by atoms with van der Waals surface area (Å²) in [4.78, 5) is 19.2. The molecule has 0 aliphatic carbocycles. The first kappa shape index (κ1) is 16.9. The first-order valence-corrected chi connectivity index (χ1v) is 7.82. The summed E-state index contributed by atoms with van der Waals surface area (Å²) in [7, 11) is -4.29. The first-order chi connectivity index (χ1) is 7.80. The Kier molecular flexibility index (Phi) is 6.64. The van der Waals surface area contributed by atoms with Gasteiger partial charge in [0.25, 0.3) is 0 Å². The SMILES string of the molecule is CC=C(C(O)CCC)C(CC)(CC)P(=O)(O)O. The van der Waals surface area contributed by atoms with Gasteiger partial charge < -0.3 is 14.9 Å². The number of hydrogen-bond acceptors (Lipinski definition) is 2. The maximum absolute atomic E-state index is 11.8. The molecule has 17 heavy (non-hydrogen) atoms. The van der Waals surface area contributed by atoms with Gasteiger partial charge in [-0.2, -0.15) is 0 Å². The fourth-order valence-electron chi connectivity index (χ4n) is 2.44. The number of hydrogen-bond donors (Lipinski definition) is 3. The summed E-state index contributed by atoms with van der Waals surface area (Å²) in [6, 6.07) is 0. The van der Waals surface area contributed by atoms with Crippen molar-refractivity contribution in [2.45, 2.75) is 64.6 Å². The van der Waals surface area contributed by atoms with Gasteiger partial charge in [0, 0.05) is 0 Å². The lowest BCUT2D eigenvalue weighted by Gasteiger charge is -2.37. The van der Waals surface area contributed by atoms with Crippen molar-refractivity contribution in [1.82, 2.24) is 0 Å². The van der Waals surface area contributed by atoms with Crippen LogP contribution in [0.1, 0.15) is 53.4 Å². The second-order valence-corrected chi connectivity index (χ2v) is 6.28. The molecular formula is C12H25O4P. The van der Waals surface area contributed by atoms with Crippen LogP contribution in [0.5, 0.6) is 0 Å². The standard InChI is InChI=1S/C12H25O4P/c1-5-9-11(13)10(6-2)12(7-3,8-4)17(14,15)16/h6,11,13H,5,7-9H2,1-4H3,(H2,14,15,16). The Bertz CT molecular complexity index is 302. The molecular weight excluding hydrogens is 239 g/mol. The van der Waals surface area contributed by atoms with Crippen molar-refractivity contribution in [3.63, 3.8) is 0 Å². The fourth-order valence-corrected chi connectivity index (χ4v) is 3.88. The Hall–Kier alpha value is -0.150. The van der Waals surface area contributed by atoms with Crippen molar-refractivity contribution in [3.05, 3.63) is 11.6 Å². The van der Waals surface area contributed by atoms with Crippen molar-refractivity contribution >= 4 is 7.60 Å². The summed E-state index contributed by atoms with van der Waals surface area (Å²) >= 11 is 0.